The monoisotopic (exact) mass is 312 g/mol. The first-order chi connectivity index (χ1) is 11.3. The number of hydrogen-bond acceptors (Lipinski definition) is 5. The van der Waals surface area contributed by atoms with E-state index in [-0.39, 0.29) is 11.7 Å². The van der Waals surface area contributed by atoms with Crippen LogP contribution in [0.5, 0.6) is 0 Å². The first kappa shape index (κ1) is 14.4. The third-order valence-corrected chi connectivity index (χ3v) is 5.13. The first-order valence-corrected chi connectivity index (χ1v) is 8.24. The number of fused-ring (bicyclic) bond motifs is 2. The van der Waals surface area contributed by atoms with E-state index >= 15 is 0 Å². The molecule has 2 bridgehead atoms. The van der Waals surface area contributed by atoms with Gasteiger partial charge in [-0.25, -0.2) is 9.48 Å². The van der Waals surface area contributed by atoms with Crippen LogP contribution in [0.25, 0.3) is 0 Å². The highest BCUT2D eigenvalue weighted by molar-refractivity contribution is 5.86. The van der Waals surface area contributed by atoms with Gasteiger partial charge >= 0.3 is 5.97 Å². The van der Waals surface area contributed by atoms with Gasteiger partial charge in [-0.2, -0.15) is 0 Å². The molecule has 120 valence electrons. The van der Waals surface area contributed by atoms with Gasteiger partial charge in [-0.05, 0) is 48.6 Å². The maximum absolute atomic E-state index is 12.1. The fraction of sp³-hybridized carbons (Fsp3) is 0.529. The van der Waals surface area contributed by atoms with Crippen LogP contribution in [0.2, 0.25) is 0 Å². The highest BCUT2D eigenvalue weighted by Gasteiger charge is 2.40. The van der Waals surface area contributed by atoms with Crippen LogP contribution in [-0.2, 0) is 11.3 Å². The molecule has 6 heteroatoms. The Kier molecular flexibility index (Phi) is 3.81. The van der Waals surface area contributed by atoms with Crippen LogP contribution >= 0.6 is 0 Å². The highest BCUT2D eigenvalue weighted by atomic mass is 16.5. The SMILES string of the molecule is O=C(OCC1CC2CCC1C2)c1cn(Cc2cccnc2)nn1. The third kappa shape index (κ3) is 3.11. The summed E-state index contributed by atoms with van der Waals surface area (Å²) in [6.45, 7) is 1.07. The molecule has 0 aromatic carbocycles. The molecule has 4 rings (SSSR count). The fourth-order valence-electron chi connectivity index (χ4n) is 3.99. The molecule has 0 amide bonds. The van der Waals surface area contributed by atoms with Crippen molar-refractivity contribution in [1.82, 2.24) is 20.0 Å². The Labute approximate surface area is 134 Å². The molecule has 0 spiro atoms. The molecule has 0 saturated heterocycles. The van der Waals surface area contributed by atoms with Gasteiger partial charge in [-0.1, -0.05) is 17.7 Å². The average molecular weight is 312 g/mol. The van der Waals surface area contributed by atoms with E-state index in [2.05, 4.69) is 15.3 Å². The summed E-state index contributed by atoms with van der Waals surface area (Å²) in [5, 5.41) is 7.91. The number of carbonyl (C=O) groups excluding carboxylic acids is 1. The van der Waals surface area contributed by atoms with Crippen LogP contribution in [0.15, 0.2) is 30.7 Å². The standard InChI is InChI=1S/C17H20N4O2/c22-17(23-11-15-7-12-3-4-14(15)6-12)16-10-21(20-19-16)9-13-2-1-5-18-8-13/h1-2,5,8,10,12,14-15H,3-4,6-7,9,11H2. The first-order valence-electron chi connectivity index (χ1n) is 8.24. The minimum atomic E-state index is -0.370. The van der Waals surface area contributed by atoms with Gasteiger partial charge in [0, 0.05) is 12.4 Å². The molecule has 2 aromatic rings. The molecular weight excluding hydrogens is 292 g/mol. The maximum Gasteiger partial charge on any atom is 0.360 e. The van der Waals surface area contributed by atoms with E-state index in [1.165, 1.54) is 25.7 Å². The Morgan fingerprint density at radius 2 is 2.30 bits per heavy atom. The van der Waals surface area contributed by atoms with Crippen molar-refractivity contribution in [2.75, 3.05) is 6.61 Å². The van der Waals surface area contributed by atoms with Crippen molar-refractivity contribution in [2.45, 2.75) is 32.2 Å². The minimum Gasteiger partial charge on any atom is -0.461 e. The molecule has 2 fully saturated rings. The zero-order valence-corrected chi connectivity index (χ0v) is 13.0. The Balaban J connectivity index is 1.32. The van der Waals surface area contributed by atoms with Gasteiger partial charge in [-0.15, -0.1) is 5.10 Å². The molecule has 3 unspecified atom stereocenters. The van der Waals surface area contributed by atoms with E-state index in [4.69, 9.17) is 4.74 Å². The van der Waals surface area contributed by atoms with Crippen molar-refractivity contribution in [3.63, 3.8) is 0 Å². The van der Waals surface area contributed by atoms with Crippen molar-refractivity contribution < 1.29 is 9.53 Å². The lowest BCUT2D eigenvalue weighted by Gasteiger charge is -2.20. The van der Waals surface area contributed by atoms with Gasteiger partial charge in [-0.3, -0.25) is 4.98 Å². The molecule has 3 atom stereocenters. The smallest absolute Gasteiger partial charge is 0.360 e. The minimum absolute atomic E-state index is 0.275. The normalized spacial score (nSPS) is 25.7. The van der Waals surface area contributed by atoms with Crippen LogP contribution in [0.1, 0.15) is 41.7 Å². The van der Waals surface area contributed by atoms with Crippen LogP contribution in [-0.4, -0.2) is 32.6 Å². The molecule has 23 heavy (non-hydrogen) atoms. The summed E-state index contributed by atoms with van der Waals surface area (Å²) in [6, 6.07) is 3.83. The lowest BCUT2D eigenvalue weighted by molar-refractivity contribution is 0.0387. The summed E-state index contributed by atoms with van der Waals surface area (Å²) in [5.41, 5.74) is 1.29. The summed E-state index contributed by atoms with van der Waals surface area (Å²) in [4.78, 5) is 16.2. The van der Waals surface area contributed by atoms with Gasteiger partial charge in [0.25, 0.3) is 0 Å². The van der Waals surface area contributed by atoms with Crippen molar-refractivity contribution >= 4 is 5.97 Å². The number of aromatic nitrogens is 4. The summed E-state index contributed by atoms with van der Waals surface area (Å²) in [7, 11) is 0. The Bertz CT molecular complexity index is 685. The summed E-state index contributed by atoms with van der Waals surface area (Å²) < 4.78 is 7.09. The molecule has 0 aliphatic heterocycles. The fourth-order valence-corrected chi connectivity index (χ4v) is 3.99. The van der Waals surface area contributed by atoms with Gasteiger partial charge in [0.05, 0.1) is 19.3 Å². The molecule has 2 aliphatic rings. The van der Waals surface area contributed by atoms with Crippen LogP contribution in [0.3, 0.4) is 0 Å². The Morgan fingerprint density at radius 3 is 3.04 bits per heavy atom. The Morgan fingerprint density at radius 1 is 1.35 bits per heavy atom. The van der Waals surface area contributed by atoms with E-state index in [1.807, 2.05) is 12.1 Å². The summed E-state index contributed by atoms with van der Waals surface area (Å²) >= 11 is 0. The zero-order valence-electron chi connectivity index (χ0n) is 13.0. The molecule has 2 aromatic heterocycles. The van der Waals surface area contributed by atoms with Gasteiger partial charge < -0.3 is 4.74 Å². The predicted molar refractivity (Wildman–Crippen MR) is 82.6 cm³/mol. The van der Waals surface area contributed by atoms with E-state index in [0.717, 1.165) is 17.4 Å². The van der Waals surface area contributed by atoms with E-state index < -0.39 is 0 Å². The van der Waals surface area contributed by atoms with E-state index in [9.17, 15) is 4.79 Å². The van der Waals surface area contributed by atoms with Crippen LogP contribution in [0, 0.1) is 17.8 Å². The molecule has 2 saturated carbocycles. The largest absolute Gasteiger partial charge is 0.461 e. The molecule has 0 N–H and O–H groups in total. The lowest BCUT2D eigenvalue weighted by Crippen LogP contribution is -2.19. The summed E-state index contributed by atoms with van der Waals surface area (Å²) in [6.07, 6.45) is 10.3. The van der Waals surface area contributed by atoms with Crippen molar-refractivity contribution in [3.05, 3.63) is 42.0 Å². The average Bonchev–Trinajstić information content (AvgIpc) is 3.30. The number of nitrogens with zero attached hydrogens (tertiary/aromatic N) is 4. The number of ether oxygens (including phenoxy) is 1. The topological polar surface area (TPSA) is 69.9 Å². The van der Waals surface area contributed by atoms with E-state index in [1.54, 1.807) is 23.3 Å². The number of carbonyl (C=O) groups is 1. The molecule has 0 radical (unpaired) electrons. The predicted octanol–water partition coefficient (Wildman–Crippen LogP) is 2.31. The molecule has 6 nitrogen and oxygen atoms in total. The van der Waals surface area contributed by atoms with E-state index in [0.29, 0.717) is 19.1 Å². The molecule has 2 aliphatic carbocycles. The number of hydrogen-bond donors (Lipinski definition) is 0. The third-order valence-electron chi connectivity index (χ3n) is 5.13. The molecule has 2 heterocycles. The lowest BCUT2D eigenvalue weighted by atomic mass is 9.90. The number of rotatable bonds is 5. The van der Waals surface area contributed by atoms with Crippen molar-refractivity contribution in [3.8, 4) is 0 Å². The quantitative estimate of drug-likeness (QED) is 0.792. The zero-order chi connectivity index (χ0) is 15.6. The van der Waals surface area contributed by atoms with Crippen molar-refractivity contribution in [2.24, 2.45) is 17.8 Å². The maximum atomic E-state index is 12.1. The number of pyridine rings is 1. The second-order valence-corrected chi connectivity index (χ2v) is 6.70. The Hall–Kier alpha value is -2.24. The summed E-state index contributed by atoms with van der Waals surface area (Å²) in [5.74, 6) is 1.80. The van der Waals surface area contributed by atoms with Gasteiger partial charge in [0.1, 0.15) is 0 Å². The highest BCUT2D eigenvalue weighted by Crippen LogP contribution is 2.48. The van der Waals surface area contributed by atoms with Crippen LogP contribution < -0.4 is 0 Å². The molecular formula is C17H20N4O2. The second-order valence-electron chi connectivity index (χ2n) is 6.70. The second kappa shape index (κ2) is 6.10. The van der Waals surface area contributed by atoms with Crippen molar-refractivity contribution in [1.29, 1.82) is 0 Å². The van der Waals surface area contributed by atoms with Gasteiger partial charge in [0.15, 0.2) is 5.69 Å². The van der Waals surface area contributed by atoms with Crippen LogP contribution in [0.4, 0.5) is 0 Å². The van der Waals surface area contributed by atoms with Gasteiger partial charge in [0.2, 0.25) is 0 Å². The number of esters is 1.